The number of hydrogen-bond donors (Lipinski definition) is 2. The van der Waals surface area contributed by atoms with E-state index in [0.29, 0.717) is 26.3 Å². The number of nitrogens with zero attached hydrogens (tertiary/aromatic N) is 2. The van der Waals surface area contributed by atoms with Crippen LogP contribution in [0.1, 0.15) is 17.2 Å². The van der Waals surface area contributed by atoms with Crippen LogP contribution in [-0.4, -0.2) is 50.8 Å². The van der Waals surface area contributed by atoms with Crippen molar-refractivity contribution in [1.29, 1.82) is 0 Å². The van der Waals surface area contributed by atoms with Gasteiger partial charge in [-0.1, -0.05) is 35.9 Å². The summed E-state index contributed by atoms with van der Waals surface area (Å²) in [5.41, 5.74) is 2.19. The van der Waals surface area contributed by atoms with Crippen molar-refractivity contribution >= 4 is 41.5 Å². The molecule has 1 aliphatic heterocycles. The number of ether oxygens (including phenoxy) is 1. The Kier molecular flexibility index (Phi) is 10.1. The minimum atomic E-state index is -0.224. The van der Waals surface area contributed by atoms with Crippen LogP contribution in [0.3, 0.4) is 0 Å². The minimum Gasteiger partial charge on any atom is -0.379 e. The molecule has 1 saturated heterocycles. The number of nitrogens with one attached hydrogen (secondary N) is 2. The van der Waals surface area contributed by atoms with Crippen LogP contribution in [-0.2, 0) is 11.3 Å². The largest absolute Gasteiger partial charge is 0.379 e. The second kappa shape index (κ2) is 12.3. The summed E-state index contributed by atoms with van der Waals surface area (Å²) in [5, 5.41) is 7.44. The van der Waals surface area contributed by atoms with Gasteiger partial charge in [-0.15, -0.1) is 24.0 Å². The maximum atomic E-state index is 13.4. The van der Waals surface area contributed by atoms with E-state index in [4.69, 9.17) is 16.3 Å². The highest BCUT2D eigenvalue weighted by Crippen LogP contribution is 2.21. The van der Waals surface area contributed by atoms with Crippen LogP contribution in [0.15, 0.2) is 53.5 Å². The smallest absolute Gasteiger partial charge is 0.191 e. The van der Waals surface area contributed by atoms with Crippen LogP contribution in [0.25, 0.3) is 0 Å². The summed E-state index contributed by atoms with van der Waals surface area (Å²) in [4.78, 5) is 6.67. The van der Waals surface area contributed by atoms with Crippen molar-refractivity contribution in [3.63, 3.8) is 0 Å². The van der Waals surface area contributed by atoms with Crippen molar-refractivity contribution in [2.75, 3.05) is 39.9 Å². The number of rotatable bonds is 6. The summed E-state index contributed by atoms with van der Waals surface area (Å²) in [5.74, 6) is 0.494. The van der Waals surface area contributed by atoms with E-state index in [1.807, 2.05) is 36.4 Å². The van der Waals surface area contributed by atoms with Crippen molar-refractivity contribution in [2.24, 2.45) is 4.99 Å². The maximum absolute atomic E-state index is 13.4. The minimum absolute atomic E-state index is 0. The third-order valence-electron chi connectivity index (χ3n) is 4.80. The third-order valence-corrected chi connectivity index (χ3v) is 5.05. The van der Waals surface area contributed by atoms with Crippen LogP contribution in [0.2, 0.25) is 5.02 Å². The van der Waals surface area contributed by atoms with Crippen LogP contribution >= 0.6 is 35.6 Å². The average Bonchev–Trinajstić information content (AvgIpc) is 2.73. The predicted octanol–water partition coefficient (Wildman–Crippen LogP) is 3.84. The molecule has 158 valence electrons. The molecule has 0 spiro atoms. The van der Waals surface area contributed by atoms with E-state index in [1.54, 1.807) is 7.05 Å². The molecule has 2 N–H and O–H groups in total. The zero-order chi connectivity index (χ0) is 19.8. The molecule has 1 atom stereocenters. The van der Waals surface area contributed by atoms with Crippen molar-refractivity contribution in [3.05, 3.63) is 70.5 Å². The van der Waals surface area contributed by atoms with Crippen LogP contribution in [0, 0.1) is 5.82 Å². The van der Waals surface area contributed by atoms with Gasteiger partial charge < -0.3 is 15.4 Å². The molecule has 0 saturated carbocycles. The highest BCUT2D eigenvalue weighted by molar-refractivity contribution is 14.0. The predicted molar refractivity (Wildman–Crippen MR) is 127 cm³/mol. The maximum Gasteiger partial charge on any atom is 0.191 e. The summed E-state index contributed by atoms with van der Waals surface area (Å²) < 4.78 is 18.8. The van der Waals surface area contributed by atoms with E-state index in [9.17, 15) is 4.39 Å². The topological polar surface area (TPSA) is 48.9 Å². The average molecular weight is 533 g/mol. The first-order valence-electron chi connectivity index (χ1n) is 9.42. The van der Waals surface area contributed by atoms with Gasteiger partial charge in [-0.25, -0.2) is 4.39 Å². The van der Waals surface area contributed by atoms with Crippen LogP contribution in [0.5, 0.6) is 0 Å². The molecule has 1 aliphatic rings. The normalized spacial score (nSPS) is 16.0. The van der Waals surface area contributed by atoms with Gasteiger partial charge in [0.2, 0.25) is 0 Å². The fourth-order valence-corrected chi connectivity index (χ4v) is 3.36. The van der Waals surface area contributed by atoms with E-state index in [1.165, 1.54) is 12.1 Å². The van der Waals surface area contributed by atoms with Gasteiger partial charge in [0.15, 0.2) is 5.96 Å². The lowest BCUT2D eigenvalue weighted by molar-refractivity contribution is 0.0170. The van der Waals surface area contributed by atoms with Crippen LogP contribution < -0.4 is 10.6 Å². The Bertz CT molecular complexity index is 767. The quantitative estimate of drug-likeness (QED) is 0.337. The molecule has 0 aromatic heterocycles. The first-order valence-corrected chi connectivity index (χ1v) is 9.80. The lowest BCUT2D eigenvalue weighted by atomic mass is 10.0. The molecule has 0 amide bonds. The number of guanidine groups is 1. The Morgan fingerprint density at radius 1 is 1.10 bits per heavy atom. The van der Waals surface area contributed by atoms with Crippen molar-refractivity contribution < 1.29 is 9.13 Å². The molecule has 0 radical (unpaired) electrons. The first kappa shape index (κ1) is 23.9. The second-order valence-electron chi connectivity index (χ2n) is 6.65. The lowest BCUT2D eigenvalue weighted by Gasteiger charge is -2.35. The number of morpholine rings is 1. The SMILES string of the molecule is CN=C(NCc1ccc(Cl)cc1)NCC(c1ccc(F)cc1)N1CCOCC1.I. The van der Waals surface area contributed by atoms with Gasteiger partial charge in [-0.2, -0.15) is 0 Å². The molecule has 5 nitrogen and oxygen atoms in total. The fraction of sp³-hybridized carbons (Fsp3) is 0.381. The fourth-order valence-electron chi connectivity index (χ4n) is 3.23. The summed E-state index contributed by atoms with van der Waals surface area (Å²) in [7, 11) is 1.75. The first-order chi connectivity index (χ1) is 13.7. The van der Waals surface area contributed by atoms with Gasteiger partial charge in [0.25, 0.3) is 0 Å². The molecule has 2 aromatic rings. The number of aliphatic imine (C=N–C) groups is 1. The summed E-state index contributed by atoms with van der Waals surface area (Å²) in [6.45, 7) is 4.42. The van der Waals surface area contributed by atoms with Gasteiger partial charge in [0.1, 0.15) is 5.82 Å². The van der Waals surface area contributed by atoms with Gasteiger partial charge >= 0.3 is 0 Å². The zero-order valence-electron chi connectivity index (χ0n) is 16.4. The Hall–Kier alpha value is -1.42. The molecule has 1 unspecified atom stereocenters. The Morgan fingerprint density at radius 3 is 2.38 bits per heavy atom. The van der Waals surface area contributed by atoms with E-state index < -0.39 is 0 Å². The summed E-state index contributed by atoms with van der Waals surface area (Å²) in [6.07, 6.45) is 0. The molecule has 1 heterocycles. The Labute approximate surface area is 193 Å². The zero-order valence-corrected chi connectivity index (χ0v) is 19.5. The molecule has 3 rings (SSSR count). The molecule has 8 heteroatoms. The van der Waals surface area contributed by atoms with E-state index in [2.05, 4.69) is 20.5 Å². The molecular formula is C21H27ClFIN4O. The highest BCUT2D eigenvalue weighted by atomic mass is 127. The van der Waals surface area contributed by atoms with Crippen LogP contribution in [0.4, 0.5) is 4.39 Å². The number of halogens is 3. The van der Waals surface area contributed by atoms with Gasteiger partial charge in [0.05, 0.1) is 19.3 Å². The van der Waals surface area contributed by atoms with Crippen molar-refractivity contribution in [2.45, 2.75) is 12.6 Å². The van der Waals surface area contributed by atoms with Gasteiger partial charge in [-0.3, -0.25) is 9.89 Å². The summed E-state index contributed by atoms with van der Waals surface area (Å²) in [6, 6.07) is 14.5. The van der Waals surface area contributed by atoms with Crippen molar-refractivity contribution in [3.8, 4) is 0 Å². The van der Waals surface area contributed by atoms with Gasteiger partial charge in [-0.05, 0) is 35.4 Å². The monoisotopic (exact) mass is 532 g/mol. The Balaban J connectivity index is 0.00000300. The highest BCUT2D eigenvalue weighted by Gasteiger charge is 2.23. The molecule has 2 aromatic carbocycles. The number of benzene rings is 2. The molecule has 1 fully saturated rings. The second-order valence-corrected chi connectivity index (χ2v) is 7.09. The van der Waals surface area contributed by atoms with Gasteiger partial charge in [0, 0.05) is 38.2 Å². The summed E-state index contributed by atoms with van der Waals surface area (Å²) >= 11 is 5.93. The van der Waals surface area contributed by atoms with E-state index >= 15 is 0 Å². The standard InChI is InChI=1S/C21H26ClFN4O.HI/c1-24-21(25-14-16-2-6-18(22)7-3-16)26-15-20(27-10-12-28-13-11-27)17-4-8-19(23)9-5-17;/h2-9,20H,10-15H2,1H3,(H2,24,25,26);1H. The molecule has 0 aliphatic carbocycles. The number of hydrogen-bond acceptors (Lipinski definition) is 3. The Morgan fingerprint density at radius 2 is 1.76 bits per heavy atom. The molecule has 29 heavy (non-hydrogen) atoms. The van der Waals surface area contributed by atoms with E-state index in [0.717, 1.165) is 35.2 Å². The third kappa shape index (κ3) is 7.40. The molecular weight excluding hydrogens is 506 g/mol. The lowest BCUT2D eigenvalue weighted by Crippen LogP contribution is -2.46. The van der Waals surface area contributed by atoms with Crippen molar-refractivity contribution in [1.82, 2.24) is 15.5 Å². The van der Waals surface area contributed by atoms with E-state index in [-0.39, 0.29) is 35.8 Å². The molecule has 0 bridgehead atoms.